The Morgan fingerprint density at radius 3 is 2.25 bits per heavy atom. The zero-order chi connectivity index (χ0) is 15.4. The van der Waals surface area contributed by atoms with Crippen molar-refractivity contribution in [3.63, 3.8) is 0 Å². The maximum Gasteiger partial charge on any atom is 0.337 e. The van der Waals surface area contributed by atoms with Gasteiger partial charge in [-0.3, -0.25) is 4.79 Å². The Kier molecular flexibility index (Phi) is 7.37. The Hall–Kier alpha value is 0.270. The maximum absolute atomic E-state index is 12.1. The molecule has 1 aromatic carbocycles. The van der Waals surface area contributed by atoms with Gasteiger partial charge in [-0.25, -0.2) is 4.79 Å². The molecule has 0 saturated carbocycles. The first-order valence-electron chi connectivity index (χ1n) is 5.27. The molecule has 1 aromatic rings. The van der Waals surface area contributed by atoms with Crippen molar-refractivity contribution < 1.29 is 24.9 Å². The molecule has 0 radical (unpaired) electrons. The molecule has 20 heavy (non-hydrogen) atoms. The standard InChI is InChI=1S/C11H10I3NO5/c12-5-1-6(13)8(11(19)20)9(14)7(5)10(18)15-2-4(17)3-16/h1,4,16-17H,2-3H2,(H,15,18)(H,19,20). The van der Waals surface area contributed by atoms with E-state index < -0.39 is 24.6 Å². The average molecular weight is 617 g/mol. The van der Waals surface area contributed by atoms with Crippen LogP contribution in [0.15, 0.2) is 6.07 Å². The van der Waals surface area contributed by atoms with Gasteiger partial charge in [-0.15, -0.1) is 0 Å². The number of aromatic carboxylic acids is 1. The number of carboxylic acid groups (broad SMARTS) is 1. The van der Waals surface area contributed by atoms with Crippen LogP contribution in [0.5, 0.6) is 0 Å². The summed E-state index contributed by atoms with van der Waals surface area (Å²) in [7, 11) is 0. The van der Waals surface area contributed by atoms with Gasteiger partial charge in [0.2, 0.25) is 0 Å². The van der Waals surface area contributed by atoms with E-state index in [1.807, 2.05) is 67.8 Å². The molecule has 1 amide bonds. The molecule has 0 fully saturated rings. The van der Waals surface area contributed by atoms with E-state index in [1.54, 1.807) is 6.07 Å². The normalized spacial score (nSPS) is 12.1. The van der Waals surface area contributed by atoms with Crippen LogP contribution in [0.2, 0.25) is 0 Å². The van der Waals surface area contributed by atoms with E-state index in [0.29, 0.717) is 10.7 Å². The van der Waals surface area contributed by atoms with Gasteiger partial charge < -0.3 is 20.6 Å². The molecule has 4 N–H and O–H groups in total. The summed E-state index contributed by atoms with van der Waals surface area (Å²) in [6, 6.07) is 1.62. The first-order chi connectivity index (χ1) is 9.29. The van der Waals surface area contributed by atoms with Crippen molar-refractivity contribution in [3.8, 4) is 0 Å². The van der Waals surface area contributed by atoms with Crippen molar-refractivity contribution in [2.45, 2.75) is 6.10 Å². The van der Waals surface area contributed by atoms with Crippen molar-refractivity contribution in [3.05, 3.63) is 27.9 Å². The molecule has 1 rings (SSSR count). The molecule has 0 bridgehead atoms. The van der Waals surface area contributed by atoms with Crippen LogP contribution >= 0.6 is 67.8 Å². The van der Waals surface area contributed by atoms with E-state index in [9.17, 15) is 19.8 Å². The van der Waals surface area contributed by atoms with E-state index >= 15 is 0 Å². The number of aliphatic hydroxyl groups is 2. The molecule has 1 atom stereocenters. The van der Waals surface area contributed by atoms with Crippen LogP contribution in [-0.2, 0) is 0 Å². The van der Waals surface area contributed by atoms with Crippen molar-refractivity contribution in [2.24, 2.45) is 0 Å². The third-order valence-electron chi connectivity index (χ3n) is 2.32. The fourth-order valence-corrected chi connectivity index (χ4v) is 5.68. The van der Waals surface area contributed by atoms with Gasteiger partial charge in [-0.2, -0.15) is 0 Å². The number of amides is 1. The van der Waals surface area contributed by atoms with Crippen LogP contribution in [0, 0.1) is 10.7 Å². The lowest BCUT2D eigenvalue weighted by molar-refractivity contribution is 0.0694. The molecule has 0 aliphatic carbocycles. The van der Waals surface area contributed by atoms with Crippen LogP contribution in [0.4, 0.5) is 0 Å². The van der Waals surface area contributed by atoms with E-state index in [2.05, 4.69) is 5.32 Å². The average Bonchev–Trinajstić information content (AvgIpc) is 2.34. The zero-order valence-corrected chi connectivity index (χ0v) is 16.3. The maximum atomic E-state index is 12.1. The number of aliphatic hydroxyl groups excluding tert-OH is 2. The number of carbonyl (C=O) groups is 2. The Bertz CT molecular complexity index is 549. The fraction of sp³-hybridized carbons (Fsp3) is 0.273. The van der Waals surface area contributed by atoms with Gasteiger partial charge >= 0.3 is 5.97 Å². The van der Waals surface area contributed by atoms with E-state index in [-0.39, 0.29) is 17.7 Å². The van der Waals surface area contributed by atoms with Crippen LogP contribution in [-0.4, -0.2) is 46.5 Å². The number of nitrogens with one attached hydrogen (secondary N) is 1. The van der Waals surface area contributed by atoms with Gasteiger partial charge in [0.25, 0.3) is 5.91 Å². The Morgan fingerprint density at radius 2 is 1.75 bits per heavy atom. The van der Waals surface area contributed by atoms with Gasteiger partial charge in [-0.1, -0.05) is 0 Å². The van der Waals surface area contributed by atoms with Crippen molar-refractivity contribution >= 4 is 79.6 Å². The highest BCUT2D eigenvalue weighted by atomic mass is 127. The second-order valence-electron chi connectivity index (χ2n) is 3.76. The van der Waals surface area contributed by atoms with Crippen molar-refractivity contribution in [1.82, 2.24) is 5.32 Å². The summed E-state index contributed by atoms with van der Waals surface area (Å²) in [5, 5.41) is 29.6. The summed E-state index contributed by atoms with van der Waals surface area (Å²) in [5.41, 5.74) is 0.341. The summed E-state index contributed by atoms with van der Waals surface area (Å²) >= 11 is 5.69. The number of benzene rings is 1. The number of hydrogen-bond acceptors (Lipinski definition) is 4. The number of rotatable bonds is 5. The minimum Gasteiger partial charge on any atom is -0.478 e. The van der Waals surface area contributed by atoms with Gasteiger partial charge in [0.05, 0.1) is 23.8 Å². The van der Waals surface area contributed by atoms with Gasteiger partial charge in [-0.05, 0) is 73.8 Å². The SMILES string of the molecule is O=C(O)c1c(I)cc(I)c(C(=O)NCC(O)CO)c1I. The molecule has 0 spiro atoms. The van der Waals surface area contributed by atoms with Crippen LogP contribution < -0.4 is 5.32 Å². The minimum atomic E-state index is -1.10. The third-order valence-corrected chi connectivity index (χ3v) is 5.10. The molecule has 0 heterocycles. The molecular formula is C11H10I3NO5. The first-order valence-corrected chi connectivity index (χ1v) is 8.51. The zero-order valence-electron chi connectivity index (χ0n) is 9.86. The molecular weight excluding hydrogens is 607 g/mol. The van der Waals surface area contributed by atoms with Gasteiger partial charge in [0.15, 0.2) is 0 Å². The Labute approximate surface area is 155 Å². The Balaban J connectivity index is 3.15. The van der Waals surface area contributed by atoms with E-state index in [1.165, 1.54) is 0 Å². The predicted molar refractivity (Wildman–Crippen MR) is 97.0 cm³/mol. The smallest absolute Gasteiger partial charge is 0.337 e. The monoisotopic (exact) mass is 617 g/mol. The third kappa shape index (κ3) is 4.38. The highest BCUT2D eigenvalue weighted by Crippen LogP contribution is 2.27. The molecule has 1 unspecified atom stereocenters. The fourth-order valence-electron chi connectivity index (χ4n) is 1.36. The van der Waals surface area contributed by atoms with Gasteiger partial charge in [0, 0.05) is 17.3 Å². The number of carbonyl (C=O) groups excluding carboxylic acids is 1. The topological polar surface area (TPSA) is 107 Å². The Morgan fingerprint density at radius 1 is 1.20 bits per heavy atom. The number of halogens is 3. The van der Waals surface area contributed by atoms with Gasteiger partial charge in [0.1, 0.15) is 0 Å². The highest BCUT2D eigenvalue weighted by Gasteiger charge is 2.23. The molecule has 0 aliphatic heterocycles. The van der Waals surface area contributed by atoms with Crippen LogP contribution in [0.25, 0.3) is 0 Å². The summed E-state index contributed by atoms with van der Waals surface area (Å²) in [6.45, 7) is -0.558. The molecule has 9 heteroatoms. The molecule has 110 valence electrons. The lowest BCUT2D eigenvalue weighted by atomic mass is 10.1. The summed E-state index contributed by atoms with van der Waals surface area (Å²) < 4.78 is 1.52. The highest BCUT2D eigenvalue weighted by molar-refractivity contribution is 14.1. The molecule has 0 aromatic heterocycles. The molecule has 0 aliphatic rings. The second-order valence-corrected chi connectivity index (χ2v) is 7.16. The number of hydrogen-bond donors (Lipinski definition) is 4. The number of carboxylic acids is 1. The summed E-state index contributed by atoms with van der Waals surface area (Å²) in [4.78, 5) is 23.3. The lowest BCUT2D eigenvalue weighted by Gasteiger charge is -2.13. The summed E-state index contributed by atoms with van der Waals surface area (Å²) in [6.07, 6.45) is -1.04. The largest absolute Gasteiger partial charge is 0.478 e. The van der Waals surface area contributed by atoms with E-state index in [4.69, 9.17) is 5.11 Å². The van der Waals surface area contributed by atoms with Crippen molar-refractivity contribution in [1.29, 1.82) is 0 Å². The molecule has 6 nitrogen and oxygen atoms in total. The van der Waals surface area contributed by atoms with Crippen molar-refractivity contribution in [2.75, 3.05) is 13.2 Å². The first kappa shape index (κ1) is 18.3. The lowest BCUT2D eigenvalue weighted by Crippen LogP contribution is -2.35. The second kappa shape index (κ2) is 8.05. The van der Waals surface area contributed by atoms with Crippen LogP contribution in [0.1, 0.15) is 20.7 Å². The molecule has 0 saturated heterocycles. The predicted octanol–water partition coefficient (Wildman–Crippen LogP) is 1.28. The quantitative estimate of drug-likeness (QED) is 0.373. The summed E-state index contributed by atoms with van der Waals surface area (Å²) in [5.74, 6) is -1.58. The van der Waals surface area contributed by atoms with Crippen LogP contribution in [0.3, 0.4) is 0 Å². The van der Waals surface area contributed by atoms with E-state index in [0.717, 1.165) is 0 Å². The minimum absolute atomic E-state index is 0.0828.